The standard InChI is InChI=1S/C16H21NO3/c18-15(19)11-14(17-13-9-5-2-6-10-13)16(20)12-7-3-1-4-8-12/h1,3-4,7-8,13-14,17H,2,5-6,9-11H2,(H,18,19). The number of hydrogen-bond donors (Lipinski definition) is 2. The first kappa shape index (κ1) is 14.7. The minimum atomic E-state index is -0.942. The molecule has 1 fully saturated rings. The van der Waals surface area contributed by atoms with Crippen LogP contribution in [0.2, 0.25) is 0 Å². The van der Waals surface area contributed by atoms with Crippen LogP contribution in [-0.2, 0) is 4.79 Å². The number of carboxylic acids is 1. The van der Waals surface area contributed by atoms with Gasteiger partial charge in [-0.2, -0.15) is 0 Å². The molecule has 4 heteroatoms. The van der Waals surface area contributed by atoms with Crippen molar-refractivity contribution in [2.75, 3.05) is 0 Å². The highest BCUT2D eigenvalue weighted by molar-refractivity contribution is 6.01. The van der Waals surface area contributed by atoms with Gasteiger partial charge in [0.2, 0.25) is 0 Å². The zero-order chi connectivity index (χ0) is 14.4. The summed E-state index contributed by atoms with van der Waals surface area (Å²) >= 11 is 0. The van der Waals surface area contributed by atoms with Crippen LogP contribution < -0.4 is 5.32 Å². The second kappa shape index (κ2) is 7.20. The molecule has 4 nitrogen and oxygen atoms in total. The van der Waals surface area contributed by atoms with E-state index in [1.54, 1.807) is 24.3 Å². The molecular formula is C16H21NO3. The third-order valence-electron chi connectivity index (χ3n) is 3.80. The molecular weight excluding hydrogens is 254 g/mol. The average Bonchev–Trinajstić information content (AvgIpc) is 2.47. The summed E-state index contributed by atoms with van der Waals surface area (Å²) in [7, 11) is 0. The van der Waals surface area contributed by atoms with E-state index in [-0.39, 0.29) is 18.2 Å². The third kappa shape index (κ3) is 4.17. The fraction of sp³-hybridized carbons (Fsp3) is 0.500. The second-order valence-electron chi connectivity index (χ2n) is 5.38. The van der Waals surface area contributed by atoms with Crippen LogP contribution in [0.25, 0.3) is 0 Å². The van der Waals surface area contributed by atoms with Gasteiger partial charge < -0.3 is 10.4 Å². The number of Topliss-reactive ketones (excluding diaryl/α,β-unsaturated/α-hetero) is 1. The maximum atomic E-state index is 12.4. The molecule has 1 atom stereocenters. The second-order valence-corrected chi connectivity index (χ2v) is 5.38. The lowest BCUT2D eigenvalue weighted by Crippen LogP contribution is -2.45. The van der Waals surface area contributed by atoms with Gasteiger partial charge in [0, 0.05) is 11.6 Å². The van der Waals surface area contributed by atoms with E-state index in [1.807, 2.05) is 6.07 Å². The molecule has 20 heavy (non-hydrogen) atoms. The van der Waals surface area contributed by atoms with Crippen LogP contribution in [-0.4, -0.2) is 28.9 Å². The highest BCUT2D eigenvalue weighted by atomic mass is 16.4. The van der Waals surface area contributed by atoms with Gasteiger partial charge >= 0.3 is 5.97 Å². The van der Waals surface area contributed by atoms with Gasteiger partial charge in [-0.05, 0) is 12.8 Å². The summed E-state index contributed by atoms with van der Waals surface area (Å²) in [6.07, 6.45) is 5.42. The molecule has 0 spiro atoms. The minimum absolute atomic E-state index is 0.126. The molecule has 0 heterocycles. The maximum Gasteiger partial charge on any atom is 0.305 e. The molecule has 1 unspecified atom stereocenters. The number of rotatable bonds is 6. The lowest BCUT2D eigenvalue weighted by atomic mass is 9.93. The fourth-order valence-electron chi connectivity index (χ4n) is 2.76. The highest BCUT2D eigenvalue weighted by Crippen LogP contribution is 2.19. The van der Waals surface area contributed by atoms with Crippen LogP contribution in [0.3, 0.4) is 0 Å². The molecule has 2 rings (SSSR count). The molecule has 1 aromatic rings. The van der Waals surface area contributed by atoms with E-state index in [0.717, 1.165) is 25.7 Å². The van der Waals surface area contributed by atoms with Crippen molar-refractivity contribution < 1.29 is 14.7 Å². The quantitative estimate of drug-likeness (QED) is 0.783. The summed E-state index contributed by atoms with van der Waals surface area (Å²) in [6, 6.07) is 8.55. The van der Waals surface area contributed by atoms with Gasteiger partial charge in [-0.25, -0.2) is 0 Å². The van der Waals surface area contributed by atoms with Crippen molar-refractivity contribution >= 4 is 11.8 Å². The Kier molecular flexibility index (Phi) is 5.30. The number of carbonyl (C=O) groups excluding carboxylic acids is 1. The average molecular weight is 275 g/mol. The lowest BCUT2D eigenvalue weighted by Gasteiger charge is -2.27. The number of nitrogens with one attached hydrogen (secondary N) is 1. The molecule has 0 aliphatic heterocycles. The predicted octanol–water partition coefficient (Wildman–Crippen LogP) is 2.63. The normalized spacial score (nSPS) is 17.6. The Hall–Kier alpha value is -1.68. The molecule has 0 aromatic heterocycles. The number of aliphatic carboxylic acids is 1. The van der Waals surface area contributed by atoms with Gasteiger partial charge in [0.05, 0.1) is 12.5 Å². The van der Waals surface area contributed by atoms with Crippen molar-refractivity contribution in [3.63, 3.8) is 0 Å². The van der Waals surface area contributed by atoms with E-state index >= 15 is 0 Å². The molecule has 1 saturated carbocycles. The van der Waals surface area contributed by atoms with Gasteiger partial charge in [0.25, 0.3) is 0 Å². The number of ketones is 1. The Bertz CT molecular complexity index is 452. The van der Waals surface area contributed by atoms with E-state index in [0.29, 0.717) is 5.56 Å². The first-order chi connectivity index (χ1) is 9.66. The minimum Gasteiger partial charge on any atom is -0.481 e. The molecule has 0 amide bonds. The number of benzene rings is 1. The van der Waals surface area contributed by atoms with Gasteiger partial charge in [0.15, 0.2) is 5.78 Å². The lowest BCUT2D eigenvalue weighted by molar-refractivity contribution is -0.137. The van der Waals surface area contributed by atoms with E-state index in [4.69, 9.17) is 5.11 Å². The molecule has 2 N–H and O–H groups in total. The summed E-state index contributed by atoms with van der Waals surface area (Å²) < 4.78 is 0. The molecule has 1 aliphatic rings. The van der Waals surface area contributed by atoms with Crippen LogP contribution in [0.5, 0.6) is 0 Å². The predicted molar refractivity (Wildman–Crippen MR) is 76.8 cm³/mol. The Morgan fingerprint density at radius 1 is 1.15 bits per heavy atom. The maximum absolute atomic E-state index is 12.4. The monoisotopic (exact) mass is 275 g/mol. The van der Waals surface area contributed by atoms with E-state index < -0.39 is 12.0 Å². The zero-order valence-electron chi connectivity index (χ0n) is 11.5. The van der Waals surface area contributed by atoms with E-state index in [2.05, 4.69) is 5.32 Å². The summed E-state index contributed by atoms with van der Waals surface area (Å²) in [4.78, 5) is 23.4. The van der Waals surface area contributed by atoms with Crippen molar-refractivity contribution in [2.24, 2.45) is 0 Å². The highest BCUT2D eigenvalue weighted by Gasteiger charge is 2.26. The number of carboxylic acid groups (broad SMARTS) is 1. The Balaban J connectivity index is 2.06. The van der Waals surface area contributed by atoms with Crippen molar-refractivity contribution in [3.8, 4) is 0 Å². The van der Waals surface area contributed by atoms with E-state index in [1.165, 1.54) is 6.42 Å². The van der Waals surface area contributed by atoms with Gasteiger partial charge in [0.1, 0.15) is 0 Å². The first-order valence-electron chi connectivity index (χ1n) is 7.24. The van der Waals surface area contributed by atoms with Crippen LogP contribution in [0.4, 0.5) is 0 Å². The zero-order valence-corrected chi connectivity index (χ0v) is 11.5. The SMILES string of the molecule is O=C(O)CC(NC1CCCCC1)C(=O)c1ccccc1. The fourth-order valence-corrected chi connectivity index (χ4v) is 2.76. The summed E-state index contributed by atoms with van der Waals surface area (Å²) in [6.45, 7) is 0. The van der Waals surface area contributed by atoms with Crippen LogP contribution >= 0.6 is 0 Å². The van der Waals surface area contributed by atoms with Gasteiger partial charge in [-0.3, -0.25) is 9.59 Å². The van der Waals surface area contributed by atoms with Gasteiger partial charge in [-0.1, -0.05) is 49.6 Å². The largest absolute Gasteiger partial charge is 0.481 e. The molecule has 0 saturated heterocycles. The molecule has 0 radical (unpaired) electrons. The van der Waals surface area contributed by atoms with E-state index in [9.17, 15) is 9.59 Å². The number of hydrogen-bond acceptors (Lipinski definition) is 3. The van der Waals surface area contributed by atoms with Crippen LogP contribution in [0.15, 0.2) is 30.3 Å². The molecule has 0 bridgehead atoms. The molecule has 108 valence electrons. The summed E-state index contributed by atoms with van der Waals surface area (Å²) in [5.74, 6) is -1.07. The Morgan fingerprint density at radius 2 is 1.80 bits per heavy atom. The molecule has 1 aromatic carbocycles. The third-order valence-corrected chi connectivity index (χ3v) is 3.80. The van der Waals surface area contributed by atoms with Crippen molar-refractivity contribution in [2.45, 2.75) is 50.6 Å². The Labute approximate surface area is 119 Å². The smallest absolute Gasteiger partial charge is 0.305 e. The van der Waals surface area contributed by atoms with Gasteiger partial charge in [-0.15, -0.1) is 0 Å². The van der Waals surface area contributed by atoms with Crippen molar-refractivity contribution in [1.82, 2.24) is 5.32 Å². The van der Waals surface area contributed by atoms with Crippen LogP contribution in [0.1, 0.15) is 48.9 Å². The van der Waals surface area contributed by atoms with Crippen LogP contribution in [0, 0.1) is 0 Å². The molecule has 1 aliphatic carbocycles. The first-order valence-corrected chi connectivity index (χ1v) is 7.24. The summed E-state index contributed by atoms with van der Waals surface area (Å²) in [5.41, 5.74) is 0.571. The Morgan fingerprint density at radius 3 is 2.40 bits per heavy atom. The van der Waals surface area contributed by atoms with Crippen molar-refractivity contribution in [3.05, 3.63) is 35.9 Å². The summed E-state index contributed by atoms with van der Waals surface area (Å²) in [5, 5.41) is 12.3. The topological polar surface area (TPSA) is 66.4 Å². The number of carbonyl (C=O) groups is 2. The van der Waals surface area contributed by atoms with Crippen molar-refractivity contribution in [1.29, 1.82) is 0 Å².